The van der Waals surface area contributed by atoms with Gasteiger partial charge in [-0.3, -0.25) is 4.79 Å². The number of ether oxygens (including phenoxy) is 3. The third-order valence-corrected chi connectivity index (χ3v) is 3.82. The summed E-state index contributed by atoms with van der Waals surface area (Å²) in [6, 6.07) is 5.97. The molecule has 1 aliphatic heterocycles. The summed E-state index contributed by atoms with van der Waals surface area (Å²) in [5.74, 6) is 0.657. The number of aryl methyl sites for hydroxylation is 2. The fourth-order valence-corrected chi connectivity index (χ4v) is 2.45. The molecule has 2 rings (SSSR count). The van der Waals surface area contributed by atoms with Crippen LogP contribution in [-0.4, -0.2) is 45.0 Å². The van der Waals surface area contributed by atoms with E-state index in [4.69, 9.17) is 14.2 Å². The second kappa shape index (κ2) is 9.53. The lowest BCUT2D eigenvalue weighted by atomic mass is 10.1. The number of hydrogen-bond acceptors (Lipinski definition) is 4. The molecule has 128 valence electrons. The Morgan fingerprint density at radius 1 is 1.39 bits per heavy atom. The van der Waals surface area contributed by atoms with E-state index in [2.05, 4.69) is 5.32 Å². The van der Waals surface area contributed by atoms with Crippen molar-refractivity contribution < 1.29 is 19.0 Å². The molecule has 1 N–H and O–H groups in total. The van der Waals surface area contributed by atoms with Crippen LogP contribution in [0.3, 0.4) is 0 Å². The highest BCUT2D eigenvalue weighted by molar-refractivity contribution is 5.77. The summed E-state index contributed by atoms with van der Waals surface area (Å²) in [7, 11) is 0. The SMILES string of the molecule is Cc1ccc(C)c(OCC(=O)NCCCOCC2CCCO2)c1. The minimum atomic E-state index is -0.106. The van der Waals surface area contributed by atoms with Crippen LogP contribution < -0.4 is 10.1 Å². The van der Waals surface area contributed by atoms with E-state index in [0.717, 1.165) is 42.7 Å². The van der Waals surface area contributed by atoms with Crippen molar-refractivity contribution in [1.29, 1.82) is 0 Å². The molecule has 1 amide bonds. The van der Waals surface area contributed by atoms with Gasteiger partial charge >= 0.3 is 0 Å². The van der Waals surface area contributed by atoms with E-state index in [1.165, 1.54) is 0 Å². The predicted octanol–water partition coefficient (Wildman–Crippen LogP) is 2.38. The Hall–Kier alpha value is -1.59. The summed E-state index contributed by atoms with van der Waals surface area (Å²) in [5.41, 5.74) is 2.15. The van der Waals surface area contributed by atoms with Gasteiger partial charge in [-0.1, -0.05) is 12.1 Å². The number of carbonyl (C=O) groups is 1. The maximum atomic E-state index is 11.8. The number of hydrogen-bond donors (Lipinski definition) is 1. The first kappa shape index (κ1) is 17.8. The number of carbonyl (C=O) groups excluding carboxylic acids is 1. The van der Waals surface area contributed by atoms with E-state index in [9.17, 15) is 4.79 Å². The maximum absolute atomic E-state index is 11.8. The Labute approximate surface area is 138 Å². The quantitative estimate of drug-likeness (QED) is 0.710. The molecule has 1 unspecified atom stereocenters. The van der Waals surface area contributed by atoms with E-state index in [1.54, 1.807) is 0 Å². The number of nitrogens with one attached hydrogen (secondary N) is 1. The topological polar surface area (TPSA) is 56.8 Å². The van der Waals surface area contributed by atoms with Crippen molar-refractivity contribution in [3.63, 3.8) is 0 Å². The van der Waals surface area contributed by atoms with Gasteiger partial charge in [-0.05, 0) is 50.3 Å². The summed E-state index contributed by atoms with van der Waals surface area (Å²) < 4.78 is 16.6. The van der Waals surface area contributed by atoms with Crippen LogP contribution in [0, 0.1) is 13.8 Å². The molecule has 0 saturated carbocycles. The number of rotatable bonds is 9. The van der Waals surface area contributed by atoms with Crippen LogP contribution in [0.4, 0.5) is 0 Å². The van der Waals surface area contributed by atoms with Gasteiger partial charge in [0.1, 0.15) is 5.75 Å². The van der Waals surface area contributed by atoms with E-state index in [0.29, 0.717) is 19.8 Å². The summed E-state index contributed by atoms with van der Waals surface area (Å²) in [6.45, 7) is 6.76. The zero-order chi connectivity index (χ0) is 16.5. The van der Waals surface area contributed by atoms with Crippen molar-refractivity contribution in [3.8, 4) is 5.75 Å². The minimum absolute atomic E-state index is 0.0427. The largest absolute Gasteiger partial charge is 0.483 e. The highest BCUT2D eigenvalue weighted by Gasteiger charge is 2.14. The van der Waals surface area contributed by atoms with Crippen molar-refractivity contribution in [3.05, 3.63) is 29.3 Å². The van der Waals surface area contributed by atoms with Crippen LogP contribution >= 0.6 is 0 Å². The van der Waals surface area contributed by atoms with Crippen LogP contribution in [0.5, 0.6) is 5.75 Å². The average Bonchev–Trinajstić information content (AvgIpc) is 3.05. The van der Waals surface area contributed by atoms with Crippen molar-refractivity contribution in [1.82, 2.24) is 5.32 Å². The molecule has 0 bridgehead atoms. The molecule has 1 saturated heterocycles. The van der Waals surface area contributed by atoms with Crippen molar-refractivity contribution in [2.75, 3.05) is 33.0 Å². The summed E-state index contributed by atoms with van der Waals surface area (Å²) in [4.78, 5) is 11.8. The summed E-state index contributed by atoms with van der Waals surface area (Å²) in [5, 5.41) is 2.84. The van der Waals surface area contributed by atoms with Crippen LogP contribution in [0.1, 0.15) is 30.4 Å². The molecular formula is C18H27NO4. The minimum Gasteiger partial charge on any atom is -0.483 e. The van der Waals surface area contributed by atoms with Crippen LogP contribution in [0.2, 0.25) is 0 Å². The molecule has 5 heteroatoms. The maximum Gasteiger partial charge on any atom is 0.257 e. The van der Waals surface area contributed by atoms with E-state index < -0.39 is 0 Å². The lowest BCUT2D eigenvalue weighted by Crippen LogP contribution is -2.30. The molecule has 23 heavy (non-hydrogen) atoms. The molecule has 0 spiro atoms. The Morgan fingerprint density at radius 3 is 3.04 bits per heavy atom. The molecule has 0 aromatic heterocycles. The zero-order valence-corrected chi connectivity index (χ0v) is 14.1. The highest BCUT2D eigenvalue weighted by Crippen LogP contribution is 2.18. The molecule has 1 atom stereocenters. The Kier molecular flexibility index (Phi) is 7.36. The van der Waals surface area contributed by atoms with Gasteiger partial charge in [-0.2, -0.15) is 0 Å². The van der Waals surface area contributed by atoms with Crippen molar-refractivity contribution in [2.45, 2.75) is 39.2 Å². The van der Waals surface area contributed by atoms with Gasteiger partial charge in [0.2, 0.25) is 0 Å². The first-order valence-corrected chi connectivity index (χ1v) is 8.31. The fourth-order valence-electron chi connectivity index (χ4n) is 2.45. The van der Waals surface area contributed by atoms with Gasteiger partial charge in [-0.25, -0.2) is 0 Å². The Morgan fingerprint density at radius 2 is 2.26 bits per heavy atom. The van der Waals surface area contributed by atoms with E-state index >= 15 is 0 Å². The number of benzene rings is 1. The number of amides is 1. The monoisotopic (exact) mass is 321 g/mol. The zero-order valence-electron chi connectivity index (χ0n) is 14.1. The molecule has 0 radical (unpaired) electrons. The molecule has 1 aromatic carbocycles. The molecule has 1 aromatic rings. The summed E-state index contributed by atoms with van der Waals surface area (Å²) >= 11 is 0. The van der Waals surface area contributed by atoms with E-state index in [1.807, 2.05) is 32.0 Å². The van der Waals surface area contributed by atoms with Crippen LogP contribution in [0.15, 0.2) is 18.2 Å². The Balaban J connectivity index is 1.52. The third-order valence-electron chi connectivity index (χ3n) is 3.82. The molecule has 0 aliphatic carbocycles. The van der Waals surface area contributed by atoms with Gasteiger partial charge < -0.3 is 19.5 Å². The molecule has 1 heterocycles. The second-order valence-corrected chi connectivity index (χ2v) is 5.97. The van der Waals surface area contributed by atoms with Gasteiger partial charge in [0.25, 0.3) is 5.91 Å². The fraction of sp³-hybridized carbons (Fsp3) is 0.611. The van der Waals surface area contributed by atoms with Crippen molar-refractivity contribution in [2.24, 2.45) is 0 Å². The third kappa shape index (κ3) is 6.59. The standard InChI is InChI=1S/C18H27NO4/c1-14-6-7-15(2)17(11-14)23-13-18(20)19-8-4-9-21-12-16-5-3-10-22-16/h6-7,11,16H,3-5,8-10,12-13H2,1-2H3,(H,19,20). The molecule has 5 nitrogen and oxygen atoms in total. The van der Waals surface area contributed by atoms with Gasteiger partial charge in [0.05, 0.1) is 12.7 Å². The smallest absolute Gasteiger partial charge is 0.257 e. The van der Waals surface area contributed by atoms with Crippen molar-refractivity contribution >= 4 is 5.91 Å². The molecule has 1 fully saturated rings. The normalized spacial score (nSPS) is 17.2. The molecular weight excluding hydrogens is 294 g/mol. The van der Waals surface area contributed by atoms with Crippen LogP contribution in [-0.2, 0) is 14.3 Å². The highest BCUT2D eigenvalue weighted by atomic mass is 16.5. The average molecular weight is 321 g/mol. The first-order valence-electron chi connectivity index (χ1n) is 8.31. The van der Waals surface area contributed by atoms with Crippen LogP contribution in [0.25, 0.3) is 0 Å². The lowest BCUT2D eigenvalue weighted by molar-refractivity contribution is -0.123. The van der Waals surface area contributed by atoms with Gasteiger partial charge in [0, 0.05) is 19.8 Å². The Bertz CT molecular complexity index is 498. The first-order chi connectivity index (χ1) is 11.1. The van der Waals surface area contributed by atoms with Gasteiger partial charge in [-0.15, -0.1) is 0 Å². The van der Waals surface area contributed by atoms with E-state index in [-0.39, 0.29) is 18.6 Å². The molecule has 1 aliphatic rings. The van der Waals surface area contributed by atoms with Gasteiger partial charge in [0.15, 0.2) is 6.61 Å². The predicted molar refractivity (Wildman–Crippen MR) is 88.8 cm³/mol. The lowest BCUT2D eigenvalue weighted by Gasteiger charge is -2.11. The second-order valence-electron chi connectivity index (χ2n) is 5.97. The summed E-state index contributed by atoms with van der Waals surface area (Å²) in [6.07, 6.45) is 3.27.